The number of hydrogen-bond acceptors (Lipinski definition) is 3. The average molecular weight is 241 g/mol. The van der Waals surface area contributed by atoms with Gasteiger partial charge in [0.25, 0.3) is 0 Å². The average Bonchev–Trinajstić information content (AvgIpc) is 2.39. The molecule has 0 bridgehead atoms. The number of rotatable bonds is 5. The van der Waals surface area contributed by atoms with E-state index in [0.29, 0.717) is 5.92 Å². The molecule has 2 rings (SSSR count). The van der Waals surface area contributed by atoms with E-state index in [1.165, 1.54) is 0 Å². The van der Waals surface area contributed by atoms with Crippen molar-refractivity contribution in [2.24, 2.45) is 5.92 Å². The molecule has 3 nitrogen and oxygen atoms in total. The standard InChI is InChI=1S/C15H19N3/c1-12(2)8-9-15-16-10-14(11-17-15)18-13-6-4-3-5-7-13/h3-7,10-12,18H,8-9H2,1-2H3. The maximum Gasteiger partial charge on any atom is 0.128 e. The van der Waals surface area contributed by atoms with Crippen LogP contribution in [0.5, 0.6) is 0 Å². The fourth-order valence-corrected chi connectivity index (χ4v) is 1.65. The van der Waals surface area contributed by atoms with Crippen molar-refractivity contribution < 1.29 is 0 Å². The molecular formula is C15H19N3. The zero-order chi connectivity index (χ0) is 12.8. The van der Waals surface area contributed by atoms with Crippen molar-refractivity contribution in [3.8, 4) is 0 Å². The van der Waals surface area contributed by atoms with Crippen molar-refractivity contribution in [3.05, 3.63) is 48.5 Å². The summed E-state index contributed by atoms with van der Waals surface area (Å²) in [7, 11) is 0. The van der Waals surface area contributed by atoms with Crippen LogP contribution in [0, 0.1) is 5.92 Å². The molecule has 94 valence electrons. The Kier molecular flexibility index (Phi) is 4.29. The Morgan fingerprint density at radius 1 is 1.00 bits per heavy atom. The first-order valence-electron chi connectivity index (χ1n) is 6.37. The molecule has 0 aliphatic heterocycles. The Labute approximate surface area is 108 Å². The Bertz CT molecular complexity index is 463. The van der Waals surface area contributed by atoms with E-state index >= 15 is 0 Å². The van der Waals surface area contributed by atoms with E-state index in [1.54, 1.807) is 0 Å². The Hall–Kier alpha value is -1.90. The molecule has 1 aromatic heterocycles. The van der Waals surface area contributed by atoms with Gasteiger partial charge in [-0.15, -0.1) is 0 Å². The Balaban J connectivity index is 1.95. The Morgan fingerprint density at radius 2 is 1.67 bits per heavy atom. The summed E-state index contributed by atoms with van der Waals surface area (Å²) in [5, 5.41) is 3.27. The van der Waals surface area contributed by atoms with Gasteiger partial charge in [0.15, 0.2) is 0 Å². The van der Waals surface area contributed by atoms with E-state index in [0.717, 1.165) is 30.0 Å². The van der Waals surface area contributed by atoms with Gasteiger partial charge in [0.1, 0.15) is 5.82 Å². The van der Waals surface area contributed by atoms with Gasteiger partial charge in [-0.25, -0.2) is 9.97 Å². The van der Waals surface area contributed by atoms with Gasteiger partial charge in [0.2, 0.25) is 0 Å². The second kappa shape index (κ2) is 6.15. The molecule has 1 aromatic carbocycles. The van der Waals surface area contributed by atoms with Crippen molar-refractivity contribution in [2.75, 3.05) is 5.32 Å². The van der Waals surface area contributed by atoms with Crippen LogP contribution in [-0.4, -0.2) is 9.97 Å². The van der Waals surface area contributed by atoms with Crippen molar-refractivity contribution in [3.63, 3.8) is 0 Å². The highest BCUT2D eigenvalue weighted by Gasteiger charge is 2.00. The molecule has 18 heavy (non-hydrogen) atoms. The first-order valence-corrected chi connectivity index (χ1v) is 6.37. The van der Waals surface area contributed by atoms with Crippen LogP contribution in [0.4, 0.5) is 11.4 Å². The van der Waals surface area contributed by atoms with E-state index in [4.69, 9.17) is 0 Å². The summed E-state index contributed by atoms with van der Waals surface area (Å²) >= 11 is 0. The molecular weight excluding hydrogens is 222 g/mol. The van der Waals surface area contributed by atoms with Gasteiger partial charge in [-0.3, -0.25) is 0 Å². The minimum Gasteiger partial charge on any atom is -0.353 e. The zero-order valence-electron chi connectivity index (χ0n) is 10.9. The van der Waals surface area contributed by atoms with Crippen molar-refractivity contribution >= 4 is 11.4 Å². The van der Waals surface area contributed by atoms with Gasteiger partial charge in [0.05, 0.1) is 18.1 Å². The van der Waals surface area contributed by atoms with E-state index < -0.39 is 0 Å². The van der Waals surface area contributed by atoms with Gasteiger partial charge in [0, 0.05) is 12.1 Å². The third-order valence-electron chi connectivity index (χ3n) is 2.71. The van der Waals surface area contributed by atoms with Gasteiger partial charge in [-0.05, 0) is 24.5 Å². The molecule has 0 saturated carbocycles. The highest BCUT2D eigenvalue weighted by Crippen LogP contribution is 2.14. The number of nitrogens with zero attached hydrogens (tertiary/aromatic N) is 2. The largest absolute Gasteiger partial charge is 0.353 e. The highest BCUT2D eigenvalue weighted by atomic mass is 14.9. The minimum atomic E-state index is 0.690. The van der Waals surface area contributed by atoms with Crippen LogP contribution >= 0.6 is 0 Å². The lowest BCUT2D eigenvalue weighted by Crippen LogP contribution is -1.99. The molecule has 0 fully saturated rings. The smallest absolute Gasteiger partial charge is 0.128 e. The van der Waals surface area contributed by atoms with E-state index in [1.807, 2.05) is 42.7 Å². The maximum atomic E-state index is 4.37. The number of para-hydroxylation sites is 1. The van der Waals surface area contributed by atoms with E-state index in [2.05, 4.69) is 29.1 Å². The summed E-state index contributed by atoms with van der Waals surface area (Å²) in [6.07, 6.45) is 5.76. The fraction of sp³-hybridized carbons (Fsp3) is 0.333. The SMILES string of the molecule is CC(C)CCc1ncc(Nc2ccccc2)cn1. The fourth-order valence-electron chi connectivity index (χ4n) is 1.65. The summed E-state index contributed by atoms with van der Waals surface area (Å²) in [6, 6.07) is 10.0. The predicted octanol–water partition coefficient (Wildman–Crippen LogP) is 3.81. The molecule has 3 heteroatoms. The van der Waals surface area contributed by atoms with Crippen molar-refractivity contribution in [1.82, 2.24) is 9.97 Å². The third kappa shape index (κ3) is 3.84. The number of anilines is 2. The van der Waals surface area contributed by atoms with E-state index in [-0.39, 0.29) is 0 Å². The summed E-state index contributed by atoms with van der Waals surface area (Å²) in [4.78, 5) is 8.75. The van der Waals surface area contributed by atoms with Crippen LogP contribution in [0.3, 0.4) is 0 Å². The van der Waals surface area contributed by atoms with Crippen LogP contribution in [0.15, 0.2) is 42.7 Å². The molecule has 2 aromatic rings. The molecule has 0 unspecified atom stereocenters. The van der Waals surface area contributed by atoms with Gasteiger partial charge >= 0.3 is 0 Å². The topological polar surface area (TPSA) is 37.8 Å². The van der Waals surface area contributed by atoms with Crippen molar-refractivity contribution in [2.45, 2.75) is 26.7 Å². The number of nitrogens with one attached hydrogen (secondary N) is 1. The molecule has 1 heterocycles. The number of benzene rings is 1. The number of aromatic nitrogens is 2. The van der Waals surface area contributed by atoms with Gasteiger partial charge < -0.3 is 5.32 Å². The summed E-state index contributed by atoms with van der Waals surface area (Å²) in [5.41, 5.74) is 1.98. The highest BCUT2D eigenvalue weighted by molar-refractivity contribution is 5.57. The second-order valence-corrected chi connectivity index (χ2v) is 4.81. The van der Waals surface area contributed by atoms with Gasteiger partial charge in [-0.1, -0.05) is 32.0 Å². The third-order valence-corrected chi connectivity index (χ3v) is 2.71. The number of aryl methyl sites for hydroxylation is 1. The van der Waals surface area contributed by atoms with Gasteiger partial charge in [-0.2, -0.15) is 0 Å². The van der Waals surface area contributed by atoms with Crippen LogP contribution < -0.4 is 5.32 Å². The van der Waals surface area contributed by atoms with Crippen LogP contribution in [0.25, 0.3) is 0 Å². The molecule has 0 atom stereocenters. The summed E-state index contributed by atoms with van der Waals surface area (Å²) in [6.45, 7) is 4.43. The van der Waals surface area contributed by atoms with Crippen LogP contribution in [0.1, 0.15) is 26.1 Å². The summed E-state index contributed by atoms with van der Waals surface area (Å²) < 4.78 is 0. The van der Waals surface area contributed by atoms with Crippen LogP contribution in [0.2, 0.25) is 0 Å². The quantitative estimate of drug-likeness (QED) is 0.865. The monoisotopic (exact) mass is 241 g/mol. The summed E-state index contributed by atoms with van der Waals surface area (Å²) in [5.74, 6) is 1.61. The Morgan fingerprint density at radius 3 is 2.28 bits per heavy atom. The lowest BCUT2D eigenvalue weighted by atomic mass is 10.1. The molecule has 0 aliphatic carbocycles. The molecule has 1 N–H and O–H groups in total. The van der Waals surface area contributed by atoms with Crippen molar-refractivity contribution in [1.29, 1.82) is 0 Å². The first kappa shape index (κ1) is 12.6. The lowest BCUT2D eigenvalue weighted by Gasteiger charge is -2.07. The first-order chi connectivity index (χ1) is 8.74. The van der Waals surface area contributed by atoms with E-state index in [9.17, 15) is 0 Å². The molecule has 0 aliphatic rings. The second-order valence-electron chi connectivity index (χ2n) is 4.81. The lowest BCUT2D eigenvalue weighted by molar-refractivity contribution is 0.574. The normalized spacial score (nSPS) is 10.6. The minimum absolute atomic E-state index is 0.690. The van der Waals surface area contributed by atoms with Crippen LogP contribution in [-0.2, 0) is 6.42 Å². The molecule has 0 amide bonds. The predicted molar refractivity (Wildman–Crippen MR) is 74.9 cm³/mol. The molecule has 0 saturated heterocycles. The maximum absolute atomic E-state index is 4.37. The molecule has 0 spiro atoms. The molecule has 0 radical (unpaired) electrons. The number of hydrogen-bond donors (Lipinski definition) is 1. The zero-order valence-corrected chi connectivity index (χ0v) is 10.9.